The van der Waals surface area contributed by atoms with E-state index >= 15 is 0 Å². The lowest BCUT2D eigenvalue weighted by Gasteiger charge is -2.38. The van der Waals surface area contributed by atoms with Crippen LogP contribution in [-0.4, -0.2) is 24.0 Å². The van der Waals surface area contributed by atoms with E-state index in [-0.39, 0.29) is 11.2 Å². The number of thiocarbonyl (C=S) groups is 1. The molecule has 37 heavy (non-hydrogen) atoms. The fourth-order valence-corrected chi connectivity index (χ4v) is 5.47. The van der Waals surface area contributed by atoms with E-state index < -0.39 is 12.0 Å². The maximum absolute atomic E-state index is 13.8. The number of Topliss-reactive ketones (excluding diaryl/α,β-unsaturated/α-hetero) is 1. The molecule has 2 aliphatic rings. The van der Waals surface area contributed by atoms with Crippen molar-refractivity contribution in [3.8, 4) is 0 Å². The molecule has 0 bridgehead atoms. The summed E-state index contributed by atoms with van der Waals surface area (Å²) in [5, 5.41) is 7.42. The molecule has 6 nitrogen and oxygen atoms in total. The minimum Gasteiger partial charge on any atom is -0.465 e. The second-order valence-electron chi connectivity index (χ2n) is 10.2. The van der Waals surface area contributed by atoms with Crippen molar-refractivity contribution in [1.82, 2.24) is 0 Å². The molecule has 2 N–H and O–H groups in total. The van der Waals surface area contributed by atoms with Crippen LogP contribution in [0.15, 0.2) is 90.1 Å². The Bertz CT molecular complexity index is 1400. The van der Waals surface area contributed by atoms with Crippen molar-refractivity contribution in [3.05, 3.63) is 101 Å². The van der Waals surface area contributed by atoms with E-state index in [9.17, 15) is 9.59 Å². The number of fused-ring (bicyclic) bond motifs is 1. The third-order valence-corrected chi connectivity index (χ3v) is 7.09. The van der Waals surface area contributed by atoms with Crippen molar-refractivity contribution in [3.63, 3.8) is 0 Å². The second kappa shape index (κ2) is 9.82. The van der Waals surface area contributed by atoms with Crippen LogP contribution in [0.25, 0.3) is 0 Å². The summed E-state index contributed by atoms with van der Waals surface area (Å²) in [4.78, 5) is 27.9. The van der Waals surface area contributed by atoms with Gasteiger partial charge in [-0.2, -0.15) is 0 Å². The summed E-state index contributed by atoms with van der Waals surface area (Å²) >= 11 is 6.01. The summed E-state index contributed by atoms with van der Waals surface area (Å²) in [7, 11) is 1.36. The minimum absolute atomic E-state index is 0.0844. The molecule has 1 atom stereocenters. The summed E-state index contributed by atoms with van der Waals surface area (Å²) in [5.41, 5.74) is 5.31. The van der Waals surface area contributed by atoms with E-state index in [4.69, 9.17) is 17.0 Å². The summed E-state index contributed by atoms with van der Waals surface area (Å²) in [5.74, 6) is -0.325. The number of esters is 1. The number of allylic oxidation sites excluding steroid dienone is 1. The minimum atomic E-state index is -0.495. The first kappa shape index (κ1) is 24.7. The topological polar surface area (TPSA) is 70.7 Å². The Morgan fingerprint density at radius 1 is 1.00 bits per heavy atom. The van der Waals surface area contributed by atoms with Gasteiger partial charge in [-0.1, -0.05) is 56.3 Å². The van der Waals surface area contributed by atoms with E-state index in [1.807, 2.05) is 71.6 Å². The highest BCUT2D eigenvalue weighted by Crippen LogP contribution is 2.48. The first-order valence-corrected chi connectivity index (χ1v) is 12.6. The highest BCUT2D eigenvalue weighted by atomic mass is 32.1. The molecule has 7 heteroatoms. The first-order valence-electron chi connectivity index (χ1n) is 12.2. The number of rotatable bonds is 3. The lowest BCUT2D eigenvalue weighted by molar-refractivity contribution is -0.118. The van der Waals surface area contributed by atoms with Crippen molar-refractivity contribution in [2.45, 2.75) is 32.7 Å². The number of nitrogens with one attached hydrogen (secondary N) is 2. The number of carbonyl (C=O) groups excluding carboxylic acids is 2. The highest BCUT2D eigenvalue weighted by molar-refractivity contribution is 7.80. The Morgan fingerprint density at radius 2 is 1.68 bits per heavy atom. The highest BCUT2D eigenvalue weighted by Gasteiger charge is 2.42. The van der Waals surface area contributed by atoms with Crippen LogP contribution < -0.4 is 15.5 Å². The van der Waals surface area contributed by atoms with Crippen LogP contribution >= 0.6 is 12.2 Å². The number of para-hydroxylation sites is 3. The second-order valence-corrected chi connectivity index (χ2v) is 10.5. The number of ketones is 1. The monoisotopic (exact) mass is 511 g/mol. The molecule has 1 aliphatic carbocycles. The van der Waals surface area contributed by atoms with Gasteiger partial charge in [-0.05, 0) is 66.0 Å². The molecular weight excluding hydrogens is 482 g/mol. The number of carbonyl (C=O) groups is 2. The van der Waals surface area contributed by atoms with Gasteiger partial charge in [0.1, 0.15) is 0 Å². The van der Waals surface area contributed by atoms with Gasteiger partial charge < -0.3 is 20.3 Å². The predicted molar refractivity (Wildman–Crippen MR) is 151 cm³/mol. The van der Waals surface area contributed by atoms with Crippen LogP contribution in [0.4, 0.5) is 17.1 Å². The van der Waals surface area contributed by atoms with Crippen molar-refractivity contribution in [1.29, 1.82) is 0 Å². The standard InChI is InChI=1S/C30H29N3O3S/c1-30(2)17-23-26(25(34)18-30)27(19-13-15-20(16-14-19)28(35)36-3)33(24-12-8-7-11-22(24)32-23)29(37)31-21-9-5-4-6-10-21/h4-16,27,32H,17-18H2,1-3H3,(H,31,37)/t27-/m1/s1. The van der Waals surface area contributed by atoms with Gasteiger partial charge in [-0.25, -0.2) is 4.79 Å². The third kappa shape index (κ3) is 4.87. The zero-order chi connectivity index (χ0) is 26.2. The molecule has 0 saturated heterocycles. The molecule has 0 amide bonds. The van der Waals surface area contributed by atoms with Crippen molar-refractivity contribution >= 4 is 46.1 Å². The van der Waals surface area contributed by atoms with E-state index in [1.165, 1.54) is 7.11 Å². The molecule has 1 heterocycles. The number of nitrogens with zero attached hydrogens (tertiary/aromatic N) is 1. The van der Waals surface area contributed by atoms with Crippen LogP contribution in [0, 0.1) is 5.41 Å². The van der Waals surface area contributed by atoms with Gasteiger partial charge in [0.2, 0.25) is 0 Å². The summed E-state index contributed by atoms with van der Waals surface area (Å²) in [6.45, 7) is 4.24. The molecule has 1 aliphatic heterocycles. The molecule has 5 rings (SSSR count). The van der Waals surface area contributed by atoms with Crippen LogP contribution in [0.2, 0.25) is 0 Å². The predicted octanol–water partition coefficient (Wildman–Crippen LogP) is 6.49. The summed E-state index contributed by atoms with van der Waals surface area (Å²) in [6.07, 6.45) is 1.17. The molecule has 3 aromatic carbocycles. The molecule has 0 spiro atoms. The molecule has 0 radical (unpaired) electrons. The Kier molecular flexibility index (Phi) is 6.56. The van der Waals surface area contributed by atoms with E-state index in [2.05, 4.69) is 24.5 Å². The fourth-order valence-electron chi connectivity index (χ4n) is 5.15. The van der Waals surface area contributed by atoms with Gasteiger partial charge in [0.25, 0.3) is 0 Å². The van der Waals surface area contributed by atoms with E-state index in [0.29, 0.717) is 22.7 Å². The van der Waals surface area contributed by atoms with Crippen LogP contribution in [0.5, 0.6) is 0 Å². The molecule has 0 unspecified atom stereocenters. The van der Waals surface area contributed by atoms with Crippen LogP contribution in [-0.2, 0) is 9.53 Å². The molecule has 0 aromatic heterocycles. The average molecular weight is 512 g/mol. The van der Waals surface area contributed by atoms with Crippen LogP contribution in [0.1, 0.15) is 48.7 Å². The van der Waals surface area contributed by atoms with E-state index in [1.54, 1.807) is 12.1 Å². The lowest BCUT2D eigenvalue weighted by Crippen LogP contribution is -2.41. The van der Waals surface area contributed by atoms with E-state index in [0.717, 1.165) is 34.7 Å². The molecule has 3 aromatic rings. The average Bonchev–Trinajstić information content (AvgIpc) is 3.02. The van der Waals surface area contributed by atoms with Gasteiger partial charge in [-0.15, -0.1) is 0 Å². The maximum Gasteiger partial charge on any atom is 0.337 e. The maximum atomic E-state index is 13.8. The van der Waals surface area contributed by atoms with Crippen molar-refractivity contribution in [2.75, 3.05) is 22.6 Å². The first-order chi connectivity index (χ1) is 17.8. The normalized spacial score (nSPS) is 18.2. The van der Waals surface area contributed by atoms with Gasteiger partial charge in [0, 0.05) is 23.4 Å². The van der Waals surface area contributed by atoms with Crippen molar-refractivity contribution in [2.24, 2.45) is 5.41 Å². The quantitative estimate of drug-likeness (QED) is 0.308. The number of hydrogen-bond acceptors (Lipinski definition) is 5. The zero-order valence-electron chi connectivity index (χ0n) is 21.1. The summed E-state index contributed by atoms with van der Waals surface area (Å²) < 4.78 is 4.89. The van der Waals surface area contributed by atoms with Crippen LogP contribution in [0.3, 0.4) is 0 Å². The summed E-state index contributed by atoms with van der Waals surface area (Å²) in [6, 6.07) is 24.4. The largest absolute Gasteiger partial charge is 0.465 e. The van der Waals surface area contributed by atoms with Gasteiger partial charge in [-0.3, -0.25) is 4.79 Å². The zero-order valence-corrected chi connectivity index (χ0v) is 21.9. The van der Waals surface area contributed by atoms with Gasteiger partial charge in [0.05, 0.1) is 30.1 Å². The lowest BCUT2D eigenvalue weighted by atomic mass is 9.73. The Morgan fingerprint density at radius 3 is 2.38 bits per heavy atom. The Balaban J connectivity index is 1.70. The third-order valence-electron chi connectivity index (χ3n) is 6.79. The van der Waals surface area contributed by atoms with Gasteiger partial charge >= 0.3 is 5.97 Å². The SMILES string of the molecule is COC(=O)c1ccc([C@@H]2C3=C(CC(C)(C)CC3=O)Nc3ccccc3N2C(=S)Nc2ccccc2)cc1. The molecule has 188 valence electrons. The molecular formula is C30H29N3O3S. The molecule has 0 fully saturated rings. The Labute approximate surface area is 222 Å². The number of benzene rings is 3. The van der Waals surface area contributed by atoms with Gasteiger partial charge in [0.15, 0.2) is 10.9 Å². The Hall–Kier alpha value is -3.97. The number of hydrogen-bond donors (Lipinski definition) is 2. The number of ether oxygens (including phenoxy) is 1. The van der Waals surface area contributed by atoms with Crippen molar-refractivity contribution < 1.29 is 14.3 Å². The smallest absolute Gasteiger partial charge is 0.337 e. The number of methoxy groups -OCH3 is 1. The number of anilines is 3. The fraction of sp³-hybridized carbons (Fsp3) is 0.233. The molecule has 0 saturated carbocycles.